The highest BCUT2D eigenvalue weighted by molar-refractivity contribution is 5.66. The summed E-state index contributed by atoms with van der Waals surface area (Å²) in [4.78, 5) is 11.6. The number of hydrogen-bond donors (Lipinski definition) is 1. The van der Waals surface area contributed by atoms with E-state index in [1.54, 1.807) is 13.8 Å². The van der Waals surface area contributed by atoms with Crippen molar-refractivity contribution < 1.29 is 38.3 Å². The largest absolute Gasteiger partial charge is 0.457 e. The highest BCUT2D eigenvalue weighted by Crippen LogP contribution is 2.41. The van der Waals surface area contributed by atoms with E-state index in [0.717, 1.165) is 0 Å². The van der Waals surface area contributed by atoms with Crippen LogP contribution in [0.3, 0.4) is 0 Å². The molecule has 0 aromatic carbocycles. The van der Waals surface area contributed by atoms with Gasteiger partial charge in [0.15, 0.2) is 18.2 Å². The minimum absolute atomic E-state index is 0.118. The molecule has 0 aromatic rings. The maximum Gasteiger partial charge on any atom is 0.303 e. The number of carbonyl (C=O) groups excluding carboxylic acids is 1. The molecule has 0 aromatic heterocycles. The number of ether oxygens (including phenoxy) is 6. The van der Waals surface area contributed by atoms with Crippen molar-refractivity contribution in [2.24, 2.45) is 5.92 Å². The lowest BCUT2D eigenvalue weighted by Crippen LogP contribution is -2.61. The van der Waals surface area contributed by atoms with Gasteiger partial charge in [-0.3, -0.25) is 4.79 Å². The molecule has 1 N–H and O–H groups in total. The smallest absolute Gasteiger partial charge is 0.303 e. The van der Waals surface area contributed by atoms with Crippen LogP contribution in [-0.2, 0) is 33.2 Å². The van der Waals surface area contributed by atoms with Gasteiger partial charge >= 0.3 is 5.97 Å². The topological polar surface area (TPSA) is 92.7 Å². The van der Waals surface area contributed by atoms with E-state index >= 15 is 0 Å². The van der Waals surface area contributed by atoms with E-state index < -0.39 is 54.7 Å². The summed E-state index contributed by atoms with van der Waals surface area (Å²) in [6.07, 6.45) is -4.91. The van der Waals surface area contributed by atoms with Crippen LogP contribution >= 0.6 is 0 Å². The third-order valence-electron chi connectivity index (χ3n) is 5.67. The Morgan fingerprint density at radius 1 is 0.926 bits per heavy atom. The number of aliphatic hydroxyl groups is 1. The fraction of sp³-hybridized carbons (Fsp3) is 0.947. The van der Waals surface area contributed by atoms with E-state index in [1.807, 2.05) is 20.8 Å². The minimum atomic E-state index is -0.974. The van der Waals surface area contributed by atoms with Crippen LogP contribution in [0.5, 0.6) is 0 Å². The monoisotopic (exact) mass is 388 g/mol. The lowest BCUT2D eigenvalue weighted by atomic mass is 9.91. The SMILES string of the molecule is CC(=O)O[C@H]1C(C)O[C@@H](C)[C@H](O)C1O[C@@H]1OC(C)C(C)[C@@H]2OC(C)(C)OC12. The molecule has 5 unspecified atom stereocenters. The zero-order valence-electron chi connectivity index (χ0n) is 17.1. The van der Waals surface area contributed by atoms with Crippen LogP contribution in [-0.4, -0.2) is 72.0 Å². The van der Waals surface area contributed by atoms with Crippen molar-refractivity contribution in [3.8, 4) is 0 Å². The molecule has 8 heteroatoms. The van der Waals surface area contributed by atoms with Crippen molar-refractivity contribution in [2.75, 3.05) is 0 Å². The molecule has 8 nitrogen and oxygen atoms in total. The van der Waals surface area contributed by atoms with Crippen LogP contribution in [0, 0.1) is 5.92 Å². The van der Waals surface area contributed by atoms with E-state index in [4.69, 9.17) is 28.4 Å². The molecular weight excluding hydrogens is 356 g/mol. The van der Waals surface area contributed by atoms with E-state index in [9.17, 15) is 9.90 Å². The number of fused-ring (bicyclic) bond motifs is 1. The molecule has 3 heterocycles. The van der Waals surface area contributed by atoms with Crippen LogP contribution in [0.25, 0.3) is 0 Å². The van der Waals surface area contributed by atoms with E-state index in [-0.39, 0.29) is 18.1 Å². The van der Waals surface area contributed by atoms with Crippen LogP contribution in [0.15, 0.2) is 0 Å². The van der Waals surface area contributed by atoms with Gasteiger partial charge in [0, 0.05) is 12.8 Å². The molecule has 0 radical (unpaired) electrons. The number of rotatable bonds is 3. The van der Waals surface area contributed by atoms with E-state index in [2.05, 4.69) is 6.92 Å². The molecule has 3 saturated heterocycles. The molecule has 0 aliphatic carbocycles. The predicted molar refractivity (Wildman–Crippen MR) is 93.8 cm³/mol. The Bertz CT molecular complexity index is 552. The molecule has 3 fully saturated rings. The number of esters is 1. The number of hydrogen-bond acceptors (Lipinski definition) is 8. The van der Waals surface area contributed by atoms with Gasteiger partial charge in [-0.1, -0.05) is 6.92 Å². The lowest BCUT2D eigenvalue weighted by Gasteiger charge is -2.46. The third kappa shape index (κ3) is 4.16. The Morgan fingerprint density at radius 3 is 2.19 bits per heavy atom. The molecule has 3 aliphatic rings. The summed E-state index contributed by atoms with van der Waals surface area (Å²) in [7, 11) is 0. The Kier molecular flexibility index (Phi) is 5.88. The van der Waals surface area contributed by atoms with Crippen molar-refractivity contribution in [3.63, 3.8) is 0 Å². The van der Waals surface area contributed by atoms with Crippen LogP contribution < -0.4 is 0 Å². The van der Waals surface area contributed by atoms with Gasteiger partial charge in [-0.15, -0.1) is 0 Å². The molecule has 0 bridgehead atoms. The Morgan fingerprint density at radius 2 is 1.56 bits per heavy atom. The second-order valence-corrected chi connectivity index (χ2v) is 8.35. The second kappa shape index (κ2) is 7.57. The summed E-state index contributed by atoms with van der Waals surface area (Å²) in [6.45, 7) is 12.6. The number of carbonyl (C=O) groups is 1. The zero-order chi connectivity index (χ0) is 20.1. The van der Waals surface area contributed by atoms with E-state index in [1.165, 1.54) is 6.92 Å². The average molecular weight is 388 g/mol. The first-order chi connectivity index (χ1) is 12.5. The molecule has 0 spiro atoms. The first kappa shape index (κ1) is 21.0. The predicted octanol–water partition coefficient (Wildman–Crippen LogP) is 1.37. The minimum Gasteiger partial charge on any atom is -0.457 e. The molecule has 0 amide bonds. The Labute approximate surface area is 160 Å². The van der Waals surface area contributed by atoms with Crippen LogP contribution in [0.1, 0.15) is 48.5 Å². The maximum absolute atomic E-state index is 11.6. The fourth-order valence-electron chi connectivity index (χ4n) is 4.12. The van der Waals surface area contributed by atoms with Gasteiger partial charge in [0.2, 0.25) is 0 Å². The Hall–Kier alpha value is -0.770. The molecule has 10 atom stereocenters. The zero-order valence-corrected chi connectivity index (χ0v) is 17.1. The third-order valence-corrected chi connectivity index (χ3v) is 5.67. The van der Waals surface area contributed by atoms with Gasteiger partial charge in [0.05, 0.1) is 24.4 Å². The van der Waals surface area contributed by atoms with E-state index in [0.29, 0.717) is 0 Å². The van der Waals surface area contributed by atoms with Crippen molar-refractivity contribution in [2.45, 2.75) is 109 Å². The van der Waals surface area contributed by atoms with Gasteiger partial charge in [-0.25, -0.2) is 0 Å². The normalized spacial score (nSPS) is 49.5. The molecular formula is C19H32O8. The number of aliphatic hydroxyl groups excluding tert-OH is 1. The lowest BCUT2D eigenvalue weighted by molar-refractivity contribution is -0.318. The first-order valence-corrected chi connectivity index (χ1v) is 9.67. The summed E-state index contributed by atoms with van der Waals surface area (Å²) >= 11 is 0. The van der Waals surface area contributed by atoms with Gasteiger partial charge < -0.3 is 33.5 Å². The molecule has 156 valence electrons. The second-order valence-electron chi connectivity index (χ2n) is 8.35. The summed E-state index contributed by atoms with van der Waals surface area (Å²) in [6, 6.07) is 0. The quantitative estimate of drug-likeness (QED) is 0.725. The molecule has 27 heavy (non-hydrogen) atoms. The van der Waals surface area contributed by atoms with Crippen LogP contribution in [0.4, 0.5) is 0 Å². The fourth-order valence-corrected chi connectivity index (χ4v) is 4.12. The van der Waals surface area contributed by atoms with Crippen molar-refractivity contribution >= 4 is 5.97 Å². The molecule has 3 rings (SSSR count). The van der Waals surface area contributed by atoms with Crippen molar-refractivity contribution in [3.05, 3.63) is 0 Å². The van der Waals surface area contributed by atoms with Crippen LogP contribution in [0.2, 0.25) is 0 Å². The Balaban J connectivity index is 1.82. The average Bonchev–Trinajstić information content (AvgIpc) is 2.89. The maximum atomic E-state index is 11.6. The van der Waals surface area contributed by atoms with Crippen molar-refractivity contribution in [1.82, 2.24) is 0 Å². The van der Waals surface area contributed by atoms with Crippen molar-refractivity contribution in [1.29, 1.82) is 0 Å². The highest BCUT2D eigenvalue weighted by Gasteiger charge is 2.55. The van der Waals surface area contributed by atoms with Gasteiger partial charge in [-0.2, -0.15) is 0 Å². The molecule has 0 saturated carbocycles. The highest BCUT2D eigenvalue weighted by atomic mass is 16.8. The van der Waals surface area contributed by atoms with Gasteiger partial charge in [0.25, 0.3) is 0 Å². The summed E-state index contributed by atoms with van der Waals surface area (Å²) in [5.74, 6) is -1.09. The summed E-state index contributed by atoms with van der Waals surface area (Å²) < 4.78 is 35.4. The standard InChI is InChI=1S/C19H32O8/c1-8-9(2)23-18(17-14(8)26-19(6,7)27-17)25-16-13(21)10(3)22-11(4)15(16)24-12(5)20/h8-11,13-18,21H,1-7H3/t8?,9?,10-,11?,13-,14-,15-,16?,17?,18-/m0/s1. The summed E-state index contributed by atoms with van der Waals surface area (Å²) in [5.41, 5.74) is 0. The summed E-state index contributed by atoms with van der Waals surface area (Å²) in [5, 5.41) is 10.7. The first-order valence-electron chi connectivity index (χ1n) is 9.67. The molecule has 3 aliphatic heterocycles. The van der Waals surface area contributed by atoms with Gasteiger partial charge in [-0.05, 0) is 34.6 Å². The van der Waals surface area contributed by atoms with Gasteiger partial charge in [0.1, 0.15) is 18.3 Å².